The fraction of sp³-hybridized carbons (Fsp3) is 0.471. The Labute approximate surface area is 169 Å². The highest BCUT2D eigenvalue weighted by Gasteiger charge is 2.23. The molecule has 1 fully saturated rings. The van der Waals surface area contributed by atoms with Gasteiger partial charge in [-0.1, -0.05) is 6.07 Å². The molecule has 1 aliphatic rings. The smallest absolute Gasteiger partial charge is 0.252 e. The zero-order valence-electron chi connectivity index (χ0n) is 15.5. The molecule has 0 bridgehead atoms. The summed E-state index contributed by atoms with van der Waals surface area (Å²) in [5.41, 5.74) is 0. The quantitative estimate of drug-likeness (QED) is 0.563. The number of anilines is 1. The van der Waals surface area contributed by atoms with Crippen LogP contribution in [0.4, 0.5) is 5.00 Å². The van der Waals surface area contributed by atoms with E-state index in [1.807, 2.05) is 0 Å². The molecule has 1 N–H and O–H groups in total. The maximum atomic E-state index is 12.5. The highest BCUT2D eigenvalue weighted by molar-refractivity contribution is 7.91. The van der Waals surface area contributed by atoms with E-state index in [4.69, 9.17) is 0 Å². The van der Waals surface area contributed by atoms with Gasteiger partial charge in [-0.3, -0.25) is 4.99 Å². The molecular formula is C17H25N5O2S3. The van der Waals surface area contributed by atoms with E-state index in [1.54, 1.807) is 42.9 Å². The molecule has 2 aromatic rings. The van der Waals surface area contributed by atoms with E-state index in [2.05, 4.69) is 37.6 Å². The summed E-state index contributed by atoms with van der Waals surface area (Å²) in [5, 5.41) is 8.47. The van der Waals surface area contributed by atoms with E-state index in [0.717, 1.165) is 32.1 Å². The molecule has 1 saturated heterocycles. The van der Waals surface area contributed by atoms with Gasteiger partial charge >= 0.3 is 0 Å². The summed E-state index contributed by atoms with van der Waals surface area (Å²) >= 11 is 3.00. The molecule has 1 aliphatic heterocycles. The van der Waals surface area contributed by atoms with Crippen molar-refractivity contribution in [2.45, 2.75) is 4.21 Å². The second kappa shape index (κ2) is 9.05. The van der Waals surface area contributed by atoms with Crippen molar-refractivity contribution < 1.29 is 8.42 Å². The number of likely N-dealkylation sites (N-methyl/N-ethyl adjacent to an activating group) is 1. The lowest BCUT2D eigenvalue weighted by Gasteiger charge is -2.37. The third kappa shape index (κ3) is 4.81. The van der Waals surface area contributed by atoms with Crippen LogP contribution < -0.4 is 10.2 Å². The van der Waals surface area contributed by atoms with Crippen LogP contribution in [0, 0.1) is 0 Å². The summed E-state index contributed by atoms with van der Waals surface area (Å²) in [6.45, 7) is 4.58. The normalized spacial score (nSPS) is 16.2. The summed E-state index contributed by atoms with van der Waals surface area (Å²) in [6.07, 6.45) is 0. The Morgan fingerprint density at radius 2 is 1.89 bits per heavy atom. The second-order valence-corrected chi connectivity index (χ2v) is 10.3. The van der Waals surface area contributed by atoms with Crippen LogP contribution in [0.3, 0.4) is 0 Å². The molecule has 0 aliphatic carbocycles. The lowest BCUT2D eigenvalue weighted by Crippen LogP contribution is -2.53. The van der Waals surface area contributed by atoms with Gasteiger partial charge in [-0.15, -0.1) is 22.7 Å². The molecule has 3 heterocycles. The van der Waals surface area contributed by atoms with Crippen LogP contribution in [-0.4, -0.2) is 76.9 Å². The highest BCUT2D eigenvalue weighted by atomic mass is 32.2. The lowest BCUT2D eigenvalue weighted by molar-refractivity contribution is 0.371. The average molecular weight is 428 g/mol. The van der Waals surface area contributed by atoms with Crippen molar-refractivity contribution in [3.05, 3.63) is 35.0 Å². The van der Waals surface area contributed by atoms with Crippen molar-refractivity contribution in [2.24, 2.45) is 4.99 Å². The van der Waals surface area contributed by atoms with E-state index in [9.17, 15) is 8.42 Å². The number of sulfonamides is 1. The van der Waals surface area contributed by atoms with Gasteiger partial charge in [-0.05, 0) is 29.0 Å². The number of piperazine rings is 1. The zero-order valence-corrected chi connectivity index (χ0v) is 18.0. The number of thiophene rings is 2. The molecule has 2 aromatic heterocycles. The lowest BCUT2D eigenvalue weighted by atomic mass is 10.3. The van der Waals surface area contributed by atoms with Crippen molar-refractivity contribution in [3.8, 4) is 0 Å². The number of aliphatic imine (C=N–C) groups is 1. The SMILES string of the molecule is CN=C(NCCN(C)S(=O)(=O)c1cccs1)N1CCN(c2cccs2)CC1. The molecule has 27 heavy (non-hydrogen) atoms. The summed E-state index contributed by atoms with van der Waals surface area (Å²) in [4.78, 5) is 8.96. The molecule has 0 saturated carbocycles. The van der Waals surface area contributed by atoms with Crippen molar-refractivity contribution in [1.82, 2.24) is 14.5 Å². The number of nitrogens with zero attached hydrogens (tertiary/aromatic N) is 4. The Balaban J connectivity index is 1.47. The van der Waals surface area contributed by atoms with Gasteiger partial charge in [0.25, 0.3) is 10.0 Å². The van der Waals surface area contributed by atoms with Crippen molar-refractivity contribution >= 4 is 43.7 Å². The average Bonchev–Trinajstić information content (AvgIpc) is 3.39. The predicted octanol–water partition coefficient (Wildman–Crippen LogP) is 1.83. The highest BCUT2D eigenvalue weighted by Crippen LogP contribution is 2.22. The molecule has 0 radical (unpaired) electrons. The molecule has 10 heteroatoms. The van der Waals surface area contributed by atoms with Crippen LogP contribution in [0.15, 0.2) is 44.2 Å². The van der Waals surface area contributed by atoms with Gasteiger partial charge in [0.1, 0.15) is 4.21 Å². The Morgan fingerprint density at radius 1 is 1.19 bits per heavy atom. The summed E-state index contributed by atoms with van der Waals surface area (Å²) in [5.74, 6) is 0.822. The van der Waals surface area contributed by atoms with E-state index >= 15 is 0 Å². The van der Waals surface area contributed by atoms with Gasteiger partial charge in [-0.25, -0.2) is 8.42 Å². The standard InChI is InChI=1S/C17H25N5O2S3/c1-18-17(22-11-9-21(10-12-22)15-5-3-13-25-15)19-7-8-20(2)27(23,24)16-6-4-14-26-16/h3-6,13-14H,7-12H2,1-2H3,(H,18,19). The third-order valence-corrected chi connectivity index (χ3v) is 8.64. The topological polar surface area (TPSA) is 68.2 Å². The largest absolute Gasteiger partial charge is 0.360 e. The summed E-state index contributed by atoms with van der Waals surface area (Å²) < 4.78 is 26.7. The van der Waals surface area contributed by atoms with Crippen LogP contribution in [0.2, 0.25) is 0 Å². The van der Waals surface area contributed by atoms with Crippen LogP contribution >= 0.6 is 22.7 Å². The first-order valence-corrected chi connectivity index (χ1v) is 12.0. The number of guanidine groups is 1. The van der Waals surface area contributed by atoms with Crippen molar-refractivity contribution in [1.29, 1.82) is 0 Å². The molecule has 0 spiro atoms. The monoisotopic (exact) mass is 427 g/mol. The number of nitrogens with one attached hydrogen (secondary N) is 1. The van der Waals surface area contributed by atoms with Gasteiger partial charge < -0.3 is 15.1 Å². The van der Waals surface area contributed by atoms with E-state index in [1.165, 1.54) is 20.6 Å². The molecule has 0 atom stereocenters. The number of hydrogen-bond donors (Lipinski definition) is 1. The first kappa shape index (κ1) is 20.1. The minimum Gasteiger partial charge on any atom is -0.360 e. The van der Waals surface area contributed by atoms with Crippen LogP contribution in [0.25, 0.3) is 0 Å². The Bertz CT molecular complexity index is 826. The van der Waals surface area contributed by atoms with Gasteiger partial charge in [0.05, 0.1) is 5.00 Å². The minimum atomic E-state index is -3.40. The maximum absolute atomic E-state index is 12.5. The van der Waals surface area contributed by atoms with Crippen LogP contribution in [0.1, 0.15) is 0 Å². The Hall–Kier alpha value is -1.62. The third-order valence-electron chi connectivity index (χ3n) is 4.48. The Morgan fingerprint density at radius 3 is 2.48 bits per heavy atom. The van der Waals surface area contributed by atoms with Crippen molar-refractivity contribution in [3.63, 3.8) is 0 Å². The molecule has 0 unspecified atom stereocenters. The number of rotatable bonds is 6. The van der Waals surface area contributed by atoms with Crippen LogP contribution in [0.5, 0.6) is 0 Å². The molecule has 0 amide bonds. The van der Waals surface area contributed by atoms with Crippen LogP contribution in [-0.2, 0) is 10.0 Å². The van der Waals surface area contributed by atoms with Gasteiger partial charge in [-0.2, -0.15) is 4.31 Å². The molecule has 3 rings (SSSR count). The number of hydrogen-bond acceptors (Lipinski definition) is 6. The zero-order chi connectivity index (χ0) is 19.3. The minimum absolute atomic E-state index is 0.374. The molecule has 7 nitrogen and oxygen atoms in total. The maximum Gasteiger partial charge on any atom is 0.252 e. The predicted molar refractivity (Wildman–Crippen MR) is 114 cm³/mol. The van der Waals surface area contributed by atoms with Gasteiger partial charge in [0.2, 0.25) is 0 Å². The molecule has 148 valence electrons. The molecule has 0 aromatic carbocycles. The summed E-state index contributed by atoms with van der Waals surface area (Å²) in [7, 11) is -0.0303. The van der Waals surface area contributed by atoms with Gasteiger partial charge in [0, 0.05) is 53.4 Å². The fourth-order valence-electron chi connectivity index (χ4n) is 2.93. The van der Waals surface area contributed by atoms with Gasteiger partial charge in [0.15, 0.2) is 5.96 Å². The van der Waals surface area contributed by atoms with Crippen molar-refractivity contribution in [2.75, 3.05) is 58.3 Å². The second-order valence-electron chi connectivity index (χ2n) is 6.16. The Kier molecular flexibility index (Phi) is 6.74. The van der Waals surface area contributed by atoms with E-state index in [0.29, 0.717) is 17.3 Å². The van der Waals surface area contributed by atoms with E-state index < -0.39 is 10.0 Å². The fourth-order valence-corrected chi connectivity index (χ4v) is 6.09. The first-order valence-electron chi connectivity index (χ1n) is 8.76. The van der Waals surface area contributed by atoms with E-state index in [-0.39, 0.29) is 0 Å². The summed E-state index contributed by atoms with van der Waals surface area (Å²) in [6, 6.07) is 7.61. The molecular weight excluding hydrogens is 402 g/mol. The first-order chi connectivity index (χ1) is 13.0.